The van der Waals surface area contributed by atoms with Crippen LogP contribution in [0.2, 0.25) is 0 Å². The number of amides is 1. The van der Waals surface area contributed by atoms with Crippen LogP contribution in [0.25, 0.3) is 22.1 Å². The largest absolute Gasteiger partial charge is 0.368 e. The molecule has 1 fully saturated rings. The predicted octanol–water partition coefficient (Wildman–Crippen LogP) is 3.74. The molecule has 0 bridgehead atoms. The van der Waals surface area contributed by atoms with Gasteiger partial charge in [-0.05, 0) is 24.6 Å². The van der Waals surface area contributed by atoms with Gasteiger partial charge in [0.1, 0.15) is 5.52 Å². The molecular weight excluding hydrogens is 466 g/mol. The summed E-state index contributed by atoms with van der Waals surface area (Å²) in [5, 5.41) is 21.1. The molecule has 0 N–H and O–H groups in total. The fraction of sp³-hybridized carbons (Fsp3) is 0.333. The Hall–Kier alpha value is -3.73. The molecule has 5 rings (SSSR count). The van der Waals surface area contributed by atoms with Crippen LogP contribution in [0.3, 0.4) is 0 Å². The zero-order valence-corrected chi connectivity index (χ0v) is 20.1. The highest BCUT2D eigenvalue weighted by Gasteiger charge is 2.22. The topological polar surface area (TPSA) is 110 Å². The van der Waals surface area contributed by atoms with E-state index < -0.39 is 4.92 Å². The van der Waals surface area contributed by atoms with Crippen molar-refractivity contribution in [1.82, 2.24) is 24.6 Å². The normalized spacial score (nSPS) is 14.1. The number of fused-ring (bicyclic) bond motifs is 3. The number of nitro benzene ring substituents is 1. The van der Waals surface area contributed by atoms with Crippen molar-refractivity contribution in [3.8, 4) is 0 Å². The first-order chi connectivity index (χ1) is 17.0. The zero-order chi connectivity index (χ0) is 24.4. The number of aryl methyl sites for hydroxylation is 1. The second-order valence-electron chi connectivity index (χ2n) is 8.37. The molecule has 10 nitrogen and oxygen atoms in total. The molecule has 4 aromatic rings. The molecule has 0 saturated carbocycles. The molecule has 0 radical (unpaired) electrons. The predicted molar refractivity (Wildman–Crippen MR) is 136 cm³/mol. The average molecular weight is 492 g/mol. The number of aromatic nitrogens is 4. The highest BCUT2D eigenvalue weighted by atomic mass is 32.2. The zero-order valence-electron chi connectivity index (χ0n) is 19.3. The molecule has 0 atom stereocenters. The molecule has 1 amide bonds. The summed E-state index contributed by atoms with van der Waals surface area (Å²) in [5.41, 5.74) is 3.67. The Morgan fingerprint density at radius 3 is 2.51 bits per heavy atom. The van der Waals surface area contributed by atoms with Gasteiger partial charge in [0.15, 0.2) is 5.65 Å². The van der Waals surface area contributed by atoms with Crippen molar-refractivity contribution in [2.75, 3.05) is 36.8 Å². The van der Waals surface area contributed by atoms with Gasteiger partial charge in [-0.2, -0.15) is 0 Å². The molecule has 2 aromatic heterocycles. The number of thioether (sulfide) groups is 1. The summed E-state index contributed by atoms with van der Waals surface area (Å²) in [7, 11) is 0. The Kier molecular flexibility index (Phi) is 6.49. The number of rotatable bonds is 7. The minimum Gasteiger partial charge on any atom is -0.368 e. The number of nitrogens with zero attached hydrogens (tertiary/aromatic N) is 7. The Morgan fingerprint density at radius 2 is 1.80 bits per heavy atom. The van der Waals surface area contributed by atoms with Crippen molar-refractivity contribution in [2.24, 2.45) is 0 Å². The monoisotopic (exact) mass is 491 g/mol. The van der Waals surface area contributed by atoms with Crippen LogP contribution in [-0.4, -0.2) is 67.4 Å². The van der Waals surface area contributed by atoms with Gasteiger partial charge in [0.25, 0.3) is 5.69 Å². The van der Waals surface area contributed by atoms with Crippen LogP contribution in [0, 0.1) is 10.1 Å². The number of benzene rings is 2. The van der Waals surface area contributed by atoms with Crippen molar-refractivity contribution in [3.05, 3.63) is 58.6 Å². The first kappa shape index (κ1) is 23.0. The van der Waals surface area contributed by atoms with E-state index in [9.17, 15) is 14.9 Å². The summed E-state index contributed by atoms with van der Waals surface area (Å²) >= 11 is 1.31. The van der Waals surface area contributed by atoms with E-state index in [1.165, 1.54) is 23.9 Å². The van der Waals surface area contributed by atoms with Crippen molar-refractivity contribution in [1.29, 1.82) is 0 Å². The van der Waals surface area contributed by atoms with Crippen molar-refractivity contribution >= 4 is 51.1 Å². The van der Waals surface area contributed by atoms with E-state index in [0.717, 1.165) is 40.7 Å². The Morgan fingerprint density at radius 1 is 1.06 bits per heavy atom. The lowest BCUT2D eigenvalue weighted by atomic mass is 10.2. The first-order valence-corrected chi connectivity index (χ1v) is 12.6. The van der Waals surface area contributed by atoms with Crippen LogP contribution in [0.15, 0.2) is 53.7 Å². The van der Waals surface area contributed by atoms with E-state index >= 15 is 0 Å². The lowest BCUT2D eigenvalue weighted by Crippen LogP contribution is -2.49. The lowest BCUT2D eigenvalue weighted by Gasteiger charge is -2.36. The SMILES string of the molecule is CCCn1c2ccccc2c2nnc(SCC(=O)N3CCN(c4ccc([N+](=O)[O-])cc4)CC3)nc21. The molecular formula is C24H25N7O3S. The number of hydrogen-bond acceptors (Lipinski definition) is 8. The number of para-hydroxylation sites is 1. The molecule has 35 heavy (non-hydrogen) atoms. The van der Waals surface area contributed by atoms with E-state index in [1.54, 1.807) is 12.1 Å². The minimum absolute atomic E-state index is 0.0381. The number of non-ortho nitro benzene ring substituents is 1. The smallest absolute Gasteiger partial charge is 0.269 e. The van der Waals surface area contributed by atoms with Crippen LogP contribution >= 0.6 is 11.8 Å². The lowest BCUT2D eigenvalue weighted by molar-refractivity contribution is -0.384. The molecule has 1 saturated heterocycles. The number of carbonyl (C=O) groups is 1. The number of nitro groups is 1. The summed E-state index contributed by atoms with van der Waals surface area (Å²) in [5.74, 6) is 0.287. The highest BCUT2D eigenvalue weighted by molar-refractivity contribution is 7.99. The van der Waals surface area contributed by atoms with Gasteiger partial charge >= 0.3 is 0 Å². The maximum atomic E-state index is 12.8. The van der Waals surface area contributed by atoms with Gasteiger partial charge in [-0.1, -0.05) is 36.9 Å². The van der Waals surface area contributed by atoms with Crippen LogP contribution in [0.5, 0.6) is 0 Å². The summed E-state index contributed by atoms with van der Waals surface area (Å²) in [6.07, 6.45) is 0.977. The van der Waals surface area contributed by atoms with E-state index in [-0.39, 0.29) is 17.3 Å². The Bertz CT molecular complexity index is 1380. The van der Waals surface area contributed by atoms with Crippen LogP contribution in [0.4, 0.5) is 11.4 Å². The second kappa shape index (κ2) is 9.87. The van der Waals surface area contributed by atoms with Gasteiger partial charge in [0.05, 0.1) is 16.2 Å². The standard InChI is InChI=1S/C24H25N7O3S/c1-2-11-30-20-6-4-3-5-19(20)22-23(30)25-24(27-26-22)35-16-21(32)29-14-12-28(13-15-29)17-7-9-18(10-8-17)31(33)34/h3-10H,2,11-16H2,1H3. The van der Waals surface area contributed by atoms with Crippen molar-refractivity contribution < 1.29 is 9.72 Å². The fourth-order valence-electron chi connectivity index (χ4n) is 4.42. The van der Waals surface area contributed by atoms with Crippen LogP contribution in [-0.2, 0) is 11.3 Å². The second-order valence-corrected chi connectivity index (χ2v) is 9.31. The summed E-state index contributed by atoms with van der Waals surface area (Å²) < 4.78 is 2.17. The van der Waals surface area contributed by atoms with Gasteiger partial charge in [-0.25, -0.2) is 4.98 Å². The maximum absolute atomic E-state index is 12.8. The Labute approximate surface area is 206 Å². The van der Waals surface area contributed by atoms with Crippen LogP contribution in [0.1, 0.15) is 13.3 Å². The van der Waals surface area contributed by atoms with Crippen LogP contribution < -0.4 is 4.90 Å². The molecule has 1 aliphatic heterocycles. The average Bonchev–Trinajstić information content (AvgIpc) is 3.20. The summed E-state index contributed by atoms with van der Waals surface area (Å²) in [6, 6.07) is 14.6. The number of anilines is 1. The molecule has 0 aliphatic carbocycles. The third kappa shape index (κ3) is 4.63. The van der Waals surface area contributed by atoms with E-state index in [4.69, 9.17) is 4.98 Å². The fourth-order valence-corrected chi connectivity index (χ4v) is 5.10. The number of piperazine rings is 1. The maximum Gasteiger partial charge on any atom is 0.269 e. The van der Waals surface area contributed by atoms with E-state index in [1.807, 2.05) is 23.1 Å². The van der Waals surface area contributed by atoms with E-state index in [0.29, 0.717) is 31.3 Å². The molecule has 180 valence electrons. The first-order valence-electron chi connectivity index (χ1n) is 11.6. The number of hydrogen-bond donors (Lipinski definition) is 0. The summed E-state index contributed by atoms with van der Waals surface area (Å²) in [6.45, 7) is 5.51. The molecule has 0 unspecified atom stereocenters. The van der Waals surface area contributed by atoms with Gasteiger partial charge in [-0.3, -0.25) is 14.9 Å². The highest BCUT2D eigenvalue weighted by Crippen LogP contribution is 2.27. The third-order valence-corrected chi connectivity index (χ3v) is 7.01. The number of carbonyl (C=O) groups excluding carboxylic acids is 1. The molecule has 2 aromatic carbocycles. The molecule has 0 spiro atoms. The van der Waals surface area contributed by atoms with Gasteiger partial charge in [0, 0.05) is 55.9 Å². The van der Waals surface area contributed by atoms with E-state index in [2.05, 4.69) is 32.7 Å². The third-order valence-electron chi connectivity index (χ3n) is 6.18. The van der Waals surface area contributed by atoms with Gasteiger partial charge in [-0.15, -0.1) is 10.2 Å². The minimum atomic E-state index is -0.404. The molecule has 11 heteroatoms. The van der Waals surface area contributed by atoms with Crippen molar-refractivity contribution in [2.45, 2.75) is 25.0 Å². The quantitative estimate of drug-likeness (QED) is 0.218. The van der Waals surface area contributed by atoms with Gasteiger partial charge in [0.2, 0.25) is 11.1 Å². The van der Waals surface area contributed by atoms with Gasteiger partial charge < -0.3 is 14.4 Å². The molecule has 1 aliphatic rings. The molecule has 3 heterocycles. The van der Waals surface area contributed by atoms with Crippen molar-refractivity contribution in [3.63, 3.8) is 0 Å². The Balaban J connectivity index is 1.22. The summed E-state index contributed by atoms with van der Waals surface area (Å²) in [4.78, 5) is 32.0.